The van der Waals surface area contributed by atoms with E-state index in [1.54, 1.807) is 0 Å². The van der Waals surface area contributed by atoms with Crippen LogP contribution in [-0.2, 0) is 13.0 Å². The fourth-order valence-electron chi connectivity index (χ4n) is 3.54. The number of piperidine rings is 1. The van der Waals surface area contributed by atoms with Crippen molar-refractivity contribution in [3.05, 3.63) is 63.7 Å². The molecule has 1 atom stereocenters. The largest absolute Gasteiger partial charge is 0.490 e. The zero-order valence-corrected chi connectivity index (χ0v) is 14.8. The van der Waals surface area contributed by atoms with Gasteiger partial charge in [0.15, 0.2) is 0 Å². The maximum absolute atomic E-state index is 13.8. The van der Waals surface area contributed by atoms with Crippen LogP contribution in [0.5, 0.6) is 5.75 Å². The van der Waals surface area contributed by atoms with Crippen molar-refractivity contribution in [3.8, 4) is 5.75 Å². The first kappa shape index (κ1) is 18.6. The van der Waals surface area contributed by atoms with E-state index >= 15 is 0 Å². The monoisotopic (exact) mass is 363 g/mol. The Labute approximate surface area is 151 Å². The highest BCUT2D eigenvalue weighted by Crippen LogP contribution is 2.24. The van der Waals surface area contributed by atoms with Crippen molar-refractivity contribution in [2.24, 2.45) is 5.92 Å². The summed E-state index contributed by atoms with van der Waals surface area (Å²) in [5.41, 5.74) is -0.0249. The molecule has 2 aromatic rings. The molecule has 0 spiro atoms. The second kappa shape index (κ2) is 8.45. The fourth-order valence-corrected chi connectivity index (χ4v) is 3.54. The number of hydrogen-bond donors (Lipinski definition) is 0. The number of benzene rings is 1. The quantitative estimate of drug-likeness (QED) is 0.784. The number of likely N-dealkylation sites (tertiary alicyclic amines) is 1. The van der Waals surface area contributed by atoms with Gasteiger partial charge in [0, 0.05) is 18.2 Å². The number of nitrogens with zero attached hydrogens (tertiary/aromatic N) is 1. The van der Waals surface area contributed by atoms with Crippen LogP contribution in [0.15, 0.2) is 39.7 Å². The Hall–Kier alpha value is -2.21. The number of halogens is 2. The summed E-state index contributed by atoms with van der Waals surface area (Å²) >= 11 is 0. The summed E-state index contributed by atoms with van der Waals surface area (Å²) in [6.07, 6.45) is 4.53. The summed E-state index contributed by atoms with van der Waals surface area (Å²) < 4.78 is 37.9. The summed E-state index contributed by atoms with van der Waals surface area (Å²) in [6.45, 7) is 2.29. The Morgan fingerprint density at radius 1 is 1.31 bits per heavy atom. The van der Waals surface area contributed by atoms with Gasteiger partial charge in [0.2, 0.25) is 11.2 Å². The molecule has 0 aliphatic carbocycles. The third-order valence-corrected chi connectivity index (χ3v) is 4.92. The Balaban J connectivity index is 1.57. The lowest BCUT2D eigenvalue weighted by atomic mass is 9.91. The highest BCUT2D eigenvalue weighted by Gasteiger charge is 2.22. The van der Waals surface area contributed by atoms with Gasteiger partial charge in [-0.2, -0.15) is 0 Å². The van der Waals surface area contributed by atoms with Gasteiger partial charge in [-0.25, -0.2) is 8.78 Å². The van der Waals surface area contributed by atoms with Crippen LogP contribution in [0.2, 0.25) is 0 Å². The van der Waals surface area contributed by atoms with Crippen molar-refractivity contribution in [1.82, 2.24) is 4.90 Å². The lowest BCUT2D eigenvalue weighted by Crippen LogP contribution is -2.35. The third kappa shape index (κ3) is 4.49. The molecule has 26 heavy (non-hydrogen) atoms. The molecule has 4 nitrogen and oxygen atoms in total. The fraction of sp³-hybridized carbons (Fsp3) is 0.450. The molecular weight excluding hydrogens is 340 g/mol. The molecule has 0 bridgehead atoms. The summed E-state index contributed by atoms with van der Waals surface area (Å²) in [7, 11) is 1.43. The zero-order chi connectivity index (χ0) is 18.5. The van der Waals surface area contributed by atoms with Crippen molar-refractivity contribution in [2.75, 3.05) is 20.2 Å². The minimum Gasteiger partial charge on any atom is -0.490 e. The van der Waals surface area contributed by atoms with E-state index in [2.05, 4.69) is 4.90 Å². The Bertz CT molecular complexity index is 786. The van der Waals surface area contributed by atoms with Gasteiger partial charge in [-0.3, -0.25) is 9.69 Å². The average molecular weight is 363 g/mol. The van der Waals surface area contributed by atoms with E-state index in [4.69, 9.17) is 9.15 Å². The number of methoxy groups -OCH3 is 1. The molecule has 1 aliphatic heterocycles. The van der Waals surface area contributed by atoms with Crippen molar-refractivity contribution in [1.29, 1.82) is 0 Å². The van der Waals surface area contributed by atoms with Crippen molar-refractivity contribution in [2.45, 2.75) is 32.2 Å². The number of rotatable bonds is 6. The van der Waals surface area contributed by atoms with Gasteiger partial charge < -0.3 is 9.15 Å². The van der Waals surface area contributed by atoms with Crippen molar-refractivity contribution >= 4 is 0 Å². The molecule has 0 amide bonds. The summed E-state index contributed by atoms with van der Waals surface area (Å²) in [6, 6.07) is 5.45. The Morgan fingerprint density at radius 2 is 2.08 bits per heavy atom. The molecule has 0 radical (unpaired) electrons. The van der Waals surface area contributed by atoms with Gasteiger partial charge in [0.1, 0.15) is 23.7 Å². The van der Waals surface area contributed by atoms with E-state index < -0.39 is 11.6 Å². The van der Waals surface area contributed by atoms with Gasteiger partial charge in [-0.15, -0.1) is 0 Å². The Kier molecular flexibility index (Phi) is 6.04. The molecule has 0 N–H and O–H groups in total. The van der Waals surface area contributed by atoms with E-state index in [-0.39, 0.29) is 16.7 Å². The van der Waals surface area contributed by atoms with Crippen LogP contribution in [0, 0.1) is 17.6 Å². The number of ether oxygens (including phenoxy) is 1. The highest BCUT2D eigenvalue weighted by atomic mass is 19.1. The standard InChI is InChI=1S/C20H23F2NO3/c1-25-20-13-26-15(10-19(20)24)12-23-9-3-4-14(11-23)7-8-16-17(21)5-2-6-18(16)22/h2,5-6,10,13-14H,3-4,7-9,11-12H2,1H3. The van der Waals surface area contributed by atoms with Crippen LogP contribution >= 0.6 is 0 Å². The normalized spacial score (nSPS) is 18.0. The molecule has 1 fully saturated rings. The van der Waals surface area contributed by atoms with Crippen LogP contribution in [0.1, 0.15) is 30.6 Å². The first-order valence-electron chi connectivity index (χ1n) is 8.87. The molecule has 1 aliphatic rings. The van der Waals surface area contributed by atoms with E-state index in [1.165, 1.54) is 37.6 Å². The molecule has 1 saturated heterocycles. The third-order valence-electron chi connectivity index (χ3n) is 4.92. The predicted molar refractivity (Wildman–Crippen MR) is 94.2 cm³/mol. The van der Waals surface area contributed by atoms with Gasteiger partial charge in [0.05, 0.1) is 13.7 Å². The summed E-state index contributed by atoms with van der Waals surface area (Å²) in [4.78, 5) is 14.0. The summed E-state index contributed by atoms with van der Waals surface area (Å²) in [5, 5.41) is 0. The van der Waals surface area contributed by atoms with Crippen LogP contribution in [0.4, 0.5) is 8.78 Å². The first-order valence-corrected chi connectivity index (χ1v) is 8.87. The molecule has 6 heteroatoms. The highest BCUT2D eigenvalue weighted by molar-refractivity contribution is 5.20. The lowest BCUT2D eigenvalue weighted by molar-refractivity contribution is 0.150. The molecule has 0 saturated carbocycles. The predicted octanol–water partition coefficient (Wildman–Crippen LogP) is 3.77. The van der Waals surface area contributed by atoms with Gasteiger partial charge in [0.25, 0.3) is 0 Å². The molecule has 140 valence electrons. The zero-order valence-electron chi connectivity index (χ0n) is 14.8. The van der Waals surface area contributed by atoms with E-state index in [0.29, 0.717) is 24.6 Å². The second-order valence-electron chi connectivity index (χ2n) is 6.76. The minimum absolute atomic E-state index is 0.172. The molecule has 1 aromatic carbocycles. The molecule has 2 heterocycles. The van der Waals surface area contributed by atoms with Crippen LogP contribution in [0.25, 0.3) is 0 Å². The van der Waals surface area contributed by atoms with Crippen LogP contribution < -0.4 is 10.2 Å². The van der Waals surface area contributed by atoms with Crippen LogP contribution in [0.3, 0.4) is 0 Å². The lowest BCUT2D eigenvalue weighted by Gasteiger charge is -2.32. The molecular formula is C20H23F2NO3. The minimum atomic E-state index is -0.474. The second-order valence-corrected chi connectivity index (χ2v) is 6.76. The first-order chi connectivity index (χ1) is 12.6. The van der Waals surface area contributed by atoms with Gasteiger partial charge in [-0.05, 0) is 50.3 Å². The van der Waals surface area contributed by atoms with Crippen LogP contribution in [-0.4, -0.2) is 25.1 Å². The molecule has 3 rings (SSSR count). The maximum Gasteiger partial charge on any atom is 0.227 e. The smallest absolute Gasteiger partial charge is 0.227 e. The van der Waals surface area contributed by atoms with E-state index in [9.17, 15) is 13.6 Å². The number of hydrogen-bond acceptors (Lipinski definition) is 4. The molecule has 1 aromatic heterocycles. The Morgan fingerprint density at radius 3 is 2.77 bits per heavy atom. The van der Waals surface area contributed by atoms with E-state index in [1.807, 2.05) is 0 Å². The van der Waals surface area contributed by atoms with E-state index in [0.717, 1.165) is 32.4 Å². The van der Waals surface area contributed by atoms with Gasteiger partial charge in [-0.1, -0.05) is 6.07 Å². The topological polar surface area (TPSA) is 42.7 Å². The average Bonchev–Trinajstić information content (AvgIpc) is 2.62. The molecule has 1 unspecified atom stereocenters. The maximum atomic E-state index is 13.8. The van der Waals surface area contributed by atoms with Gasteiger partial charge >= 0.3 is 0 Å². The van der Waals surface area contributed by atoms with Crippen molar-refractivity contribution < 1.29 is 17.9 Å². The van der Waals surface area contributed by atoms with Crippen molar-refractivity contribution in [3.63, 3.8) is 0 Å². The summed E-state index contributed by atoms with van der Waals surface area (Å²) in [5.74, 6) is 0.205. The SMILES string of the molecule is COc1coc(CN2CCCC(CCc3c(F)cccc3F)C2)cc1=O.